The van der Waals surface area contributed by atoms with Gasteiger partial charge >= 0.3 is 0 Å². The van der Waals surface area contributed by atoms with Gasteiger partial charge in [0.2, 0.25) is 0 Å². The van der Waals surface area contributed by atoms with Gasteiger partial charge in [0, 0.05) is 17.6 Å². The molecule has 114 valence electrons. The van der Waals surface area contributed by atoms with Gasteiger partial charge in [-0.15, -0.1) is 0 Å². The molecule has 0 aliphatic carbocycles. The van der Waals surface area contributed by atoms with Gasteiger partial charge in [0.05, 0.1) is 14.2 Å². The molecular formula is C16H28N2O2. The number of rotatable bonds is 8. The van der Waals surface area contributed by atoms with E-state index in [1.165, 1.54) is 0 Å². The molecule has 0 saturated heterocycles. The Bertz CT molecular complexity index is 400. The fraction of sp³-hybridized carbons (Fsp3) is 0.625. The minimum absolute atomic E-state index is 0.190. The monoisotopic (exact) mass is 280 g/mol. The maximum Gasteiger partial charge on any atom is 0.123 e. The first kappa shape index (κ1) is 16.8. The molecule has 0 unspecified atom stereocenters. The van der Waals surface area contributed by atoms with Crippen LogP contribution in [0.15, 0.2) is 18.2 Å². The molecule has 1 aromatic rings. The molecule has 0 fully saturated rings. The third-order valence-corrected chi connectivity index (χ3v) is 2.99. The van der Waals surface area contributed by atoms with E-state index in [2.05, 4.69) is 31.4 Å². The second kappa shape index (κ2) is 8.12. The first-order chi connectivity index (χ1) is 9.46. The lowest BCUT2D eigenvalue weighted by Crippen LogP contribution is -2.37. The summed E-state index contributed by atoms with van der Waals surface area (Å²) < 4.78 is 10.6. The summed E-state index contributed by atoms with van der Waals surface area (Å²) in [6.07, 6.45) is 1.10. The van der Waals surface area contributed by atoms with Crippen molar-refractivity contribution in [3.05, 3.63) is 23.8 Å². The van der Waals surface area contributed by atoms with Crippen LogP contribution in [0.25, 0.3) is 0 Å². The molecule has 20 heavy (non-hydrogen) atoms. The quantitative estimate of drug-likeness (QED) is 0.718. The number of ether oxygens (including phenoxy) is 2. The molecule has 0 atom stereocenters. The second-order valence-corrected chi connectivity index (χ2v) is 5.88. The average molecular weight is 280 g/mol. The van der Waals surface area contributed by atoms with Gasteiger partial charge in [-0.25, -0.2) is 0 Å². The molecule has 0 heterocycles. The predicted molar refractivity (Wildman–Crippen MR) is 83.6 cm³/mol. The smallest absolute Gasteiger partial charge is 0.123 e. The summed E-state index contributed by atoms with van der Waals surface area (Å²) in [5.41, 5.74) is 1.31. The fourth-order valence-electron chi connectivity index (χ4n) is 1.92. The molecule has 0 aromatic heterocycles. The summed E-state index contributed by atoms with van der Waals surface area (Å²) >= 11 is 0. The molecule has 0 spiro atoms. The van der Waals surface area contributed by atoms with Crippen molar-refractivity contribution in [2.24, 2.45) is 0 Å². The lowest BCUT2D eigenvalue weighted by Gasteiger charge is -2.20. The molecule has 0 bridgehead atoms. The van der Waals surface area contributed by atoms with Crippen molar-refractivity contribution < 1.29 is 9.47 Å². The van der Waals surface area contributed by atoms with Gasteiger partial charge in [0.25, 0.3) is 0 Å². The molecule has 0 radical (unpaired) electrons. The van der Waals surface area contributed by atoms with Crippen LogP contribution < -0.4 is 20.1 Å². The van der Waals surface area contributed by atoms with E-state index in [-0.39, 0.29) is 5.54 Å². The van der Waals surface area contributed by atoms with Crippen molar-refractivity contribution in [3.63, 3.8) is 0 Å². The van der Waals surface area contributed by atoms with E-state index in [1.54, 1.807) is 14.2 Å². The number of hydrogen-bond acceptors (Lipinski definition) is 4. The Morgan fingerprint density at radius 2 is 1.80 bits per heavy atom. The van der Waals surface area contributed by atoms with E-state index in [0.29, 0.717) is 0 Å². The molecule has 1 rings (SSSR count). The average Bonchev–Trinajstić information content (AvgIpc) is 2.41. The Kier molecular flexibility index (Phi) is 6.82. The molecule has 4 heteroatoms. The third-order valence-electron chi connectivity index (χ3n) is 2.99. The van der Waals surface area contributed by atoms with Crippen molar-refractivity contribution in [1.82, 2.24) is 10.6 Å². The summed E-state index contributed by atoms with van der Waals surface area (Å²) in [6, 6.07) is 5.87. The van der Waals surface area contributed by atoms with Crippen molar-refractivity contribution >= 4 is 0 Å². The Morgan fingerprint density at radius 3 is 2.40 bits per heavy atom. The summed E-state index contributed by atoms with van der Waals surface area (Å²) in [6.45, 7) is 9.33. The van der Waals surface area contributed by atoms with Crippen LogP contribution in [-0.2, 0) is 6.54 Å². The number of methoxy groups -OCH3 is 2. The Balaban J connectivity index is 2.34. The van der Waals surface area contributed by atoms with E-state index < -0.39 is 0 Å². The Hall–Kier alpha value is -1.26. The van der Waals surface area contributed by atoms with Crippen molar-refractivity contribution in [1.29, 1.82) is 0 Å². The number of hydrogen-bond donors (Lipinski definition) is 2. The summed E-state index contributed by atoms with van der Waals surface area (Å²) in [7, 11) is 3.37. The molecule has 0 aliphatic heterocycles. The lowest BCUT2D eigenvalue weighted by molar-refractivity contribution is 0.396. The maximum absolute atomic E-state index is 5.36. The SMILES string of the molecule is COc1ccc(OC)c(CNCCCNC(C)(C)C)c1. The lowest BCUT2D eigenvalue weighted by atomic mass is 10.1. The zero-order valence-electron chi connectivity index (χ0n) is 13.4. The fourth-order valence-corrected chi connectivity index (χ4v) is 1.92. The predicted octanol–water partition coefficient (Wildman–Crippen LogP) is 2.57. The van der Waals surface area contributed by atoms with Crippen LogP contribution in [0.4, 0.5) is 0 Å². The van der Waals surface area contributed by atoms with Crippen molar-refractivity contribution in [2.75, 3.05) is 27.3 Å². The molecule has 0 saturated carbocycles. The first-order valence-electron chi connectivity index (χ1n) is 7.13. The van der Waals surface area contributed by atoms with Gasteiger partial charge in [-0.2, -0.15) is 0 Å². The zero-order chi connectivity index (χ0) is 15.0. The second-order valence-electron chi connectivity index (χ2n) is 5.88. The van der Waals surface area contributed by atoms with Crippen LogP contribution in [0.3, 0.4) is 0 Å². The van der Waals surface area contributed by atoms with Crippen molar-refractivity contribution in [2.45, 2.75) is 39.3 Å². The van der Waals surface area contributed by atoms with E-state index in [1.807, 2.05) is 18.2 Å². The first-order valence-corrected chi connectivity index (χ1v) is 7.13. The Labute approximate surface area is 122 Å². The van der Waals surface area contributed by atoms with Gasteiger partial charge < -0.3 is 20.1 Å². The normalized spacial score (nSPS) is 11.4. The number of nitrogens with one attached hydrogen (secondary N) is 2. The van der Waals surface area contributed by atoms with Gasteiger partial charge in [-0.05, 0) is 58.5 Å². The highest BCUT2D eigenvalue weighted by Crippen LogP contribution is 2.23. The minimum atomic E-state index is 0.190. The third kappa shape index (κ3) is 6.26. The molecule has 0 aliphatic rings. The van der Waals surface area contributed by atoms with Crippen LogP contribution in [0.1, 0.15) is 32.8 Å². The van der Waals surface area contributed by atoms with E-state index in [4.69, 9.17) is 9.47 Å². The standard InChI is InChI=1S/C16H28N2O2/c1-16(2,3)18-10-6-9-17-12-13-11-14(19-4)7-8-15(13)20-5/h7-8,11,17-18H,6,9-10,12H2,1-5H3. The van der Waals surface area contributed by atoms with Gasteiger partial charge in [-0.3, -0.25) is 0 Å². The highest BCUT2D eigenvalue weighted by molar-refractivity contribution is 5.40. The highest BCUT2D eigenvalue weighted by atomic mass is 16.5. The number of benzene rings is 1. The zero-order valence-corrected chi connectivity index (χ0v) is 13.4. The van der Waals surface area contributed by atoms with Crippen LogP contribution in [0.2, 0.25) is 0 Å². The van der Waals surface area contributed by atoms with E-state index in [0.717, 1.165) is 43.1 Å². The Morgan fingerprint density at radius 1 is 1.05 bits per heavy atom. The molecule has 4 nitrogen and oxygen atoms in total. The van der Waals surface area contributed by atoms with E-state index in [9.17, 15) is 0 Å². The van der Waals surface area contributed by atoms with Gasteiger partial charge in [-0.1, -0.05) is 0 Å². The van der Waals surface area contributed by atoms with Gasteiger partial charge in [0.1, 0.15) is 11.5 Å². The summed E-state index contributed by atoms with van der Waals surface area (Å²) in [5, 5.41) is 6.92. The molecule has 1 aromatic carbocycles. The van der Waals surface area contributed by atoms with Crippen molar-refractivity contribution in [3.8, 4) is 11.5 Å². The van der Waals surface area contributed by atoms with Crippen LogP contribution in [0.5, 0.6) is 11.5 Å². The highest BCUT2D eigenvalue weighted by Gasteiger charge is 2.07. The van der Waals surface area contributed by atoms with Crippen LogP contribution in [-0.4, -0.2) is 32.8 Å². The van der Waals surface area contributed by atoms with Crippen LogP contribution >= 0.6 is 0 Å². The van der Waals surface area contributed by atoms with E-state index >= 15 is 0 Å². The van der Waals surface area contributed by atoms with Gasteiger partial charge in [0.15, 0.2) is 0 Å². The largest absolute Gasteiger partial charge is 0.497 e. The minimum Gasteiger partial charge on any atom is -0.497 e. The molecule has 2 N–H and O–H groups in total. The molecule has 0 amide bonds. The van der Waals surface area contributed by atoms with Crippen LogP contribution in [0, 0.1) is 0 Å². The topological polar surface area (TPSA) is 42.5 Å². The summed E-state index contributed by atoms with van der Waals surface area (Å²) in [5.74, 6) is 1.75. The maximum atomic E-state index is 5.36. The molecular weight excluding hydrogens is 252 g/mol. The summed E-state index contributed by atoms with van der Waals surface area (Å²) in [4.78, 5) is 0.